The van der Waals surface area contributed by atoms with Crippen LogP contribution in [-0.2, 0) is 9.84 Å². The fourth-order valence-electron chi connectivity index (χ4n) is 2.19. The Morgan fingerprint density at radius 1 is 1.50 bits per heavy atom. The molecule has 2 rings (SSSR count). The lowest BCUT2D eigenvalue weighted by Gasteiger charge is -2.38. The smallest absolute Gasteiger partial charge is 0.179 e. The fraction of sp³-hybridized carbons (Fsp3) is 0.583. The normalized spacial score (nSPS) is 16.3. The molecule has 0 saturated heterocycles. The van der Waals surface area contributed by atoms with Crippen LogP contribution in [0.5, 0.6) is 0 Å². The van der Waals surface area contributed by atoms with Crippen molar-refractivity contribution < 1.29 is 8.42 Å². The second-order valence-electron chi connectivity index (χ2n) is 4.66. The van der Waals surface area contributed by atoms with Gasteiger partial charge in [0.1, 0.15) is 10.7 Å². The van der Waals surface area contributed by atoms with E-state index in [2.05, 4.69) is 4.98 Å². The zero-order valence-corrected chi connectivity index (χ0v) is 11.4. The van der Waals surface area contributed by atoms with Crippen LogP contribution in [0.15, 0.2) is 23.2 Å². The monoisotopic (exact) mass is 269 g/mol. The first-order valence-corrected chi connectivity index (χ1v) is 8.05. The van der Waals surface area contributed by atoms with E-state index in [-0.39, 0.29) is 0 Å². The summed E-state index contributed by atoms with van der Waals surface area (Å²) in [6.45, 7) is 1.14. The Balaban J connectivity index is 2.40. The van der Waals surface area contributed by atoms with Crippen LogP contribution in [0.1, 0.15) is 19.3 Å². The second-order valence-corrected chi connectivity index (χ2v) is 6.65. The van der Waals surface area contributed by atoms with Gasteiger partial charge in [0.2, 0.25) is 0 Å². The van der Waals surface area contributed by atoms with Crippen LogP contribution >= 0.6 is 0 Å². The van der Waals surface area contributed by atoms with Gasteiger partial charge in [0.25, 0.3) is 0 Å². The van der Waals surface area contributed by atoms with E-state index < -0.39 is 9.84 Å². The van der Waals surface area contributed by atoms with Gasteiger partial charge in [-0.2, -0.15) is 0 Å². The number of rotatable bonds is 5. The Labute approximate surface area is 108 Å². The molecule has 0 radical (unpaired) electrons. The second kappa shape index (κ2) is 5.24. The van der Waals surface area contributed by atoms with Crippen molar-refractivity contribution in [1.82, 2.24) is 4.98 Å². The van der Waals surface area contributed by atoms with E-state index in [0.717, 1.165) is 12.8 Å². The Morgan fingerprint density at radius 2 is 2.22 bits per heavy atom. The Morgan fingerprint density at radius 3 is 2.72 bits per heavy atom. The molecule has 0 amide bonds. The third-order valence-electron chi connectivity index (χ3n) is 3.31. The van der Waals surface area contributed by atoms with E-state index in [1.54, 1.807) is 18.3 Å². The summed E-state index contributed by atoms with van der Waals surface area (Å²) in [5, 5.41) is 0. The lowest BCUT2D eigenvalue weighted by atomic mass is 9.91. The SMILES string of the molecule is CS(=O)(=O)c1cccnc1N(CCN)C1CCC1. The first kappa shape index (κ1) is 13.3. The van der Waals surface area contributed by atoms with E-state index in [4.69, 9.17) is 5.73 Å². The van der Waals surface area contributed by atoms with Crippen molar-refractivity contribution in [2.75, 3.05) is 24.2 Å². The number of sulfone groups is 1. The summed E-state index contributed by atoms with van der Waals surface area (Å²) in [7, 11) is -3.26. The quantitative estimate of drug-likeness (QED) is 0.855. The van der Waals surface area contributed by atoms with Crippen LogP contribution in [0, 0.1) is 0 Å². The Bertz CT molecular complexity index is 512. The molecule has 5 nitrogen and oxygen atoms in total. The highest BCUT2D eigenvalue weighted by Gasteiger charge is 2.28. The van der Waals surface area contributed by atoms with Crippen LogP contribution < -0.4 is 10.6 Å². The minimum absolute atomic E-state index is 0.297. The van der Waals surface area contributed by atoms with Crippen LogP contribution in [0.3, 0.4) is 0 Å². The van der Waals surface area contributed by atoms with Gasteiger partial charge in [-0.1, -0.05) is 0 Å². The summed E-state index contributed by atoms with van der Waals surface area (Å²) < 4.78 is 23.6. The van der Waals surface area contributed by atoms with Crippen LogP contribution in [-0.4, -0.2) is 38.8 Å². The lowest BCUT2D eigenvalue weighted by molar-refractivity contribution is 0.384. The summed E-state index contributed by atoms with van der Waals surface area (Å²) in [6, 6.07) is 3.64. The third-order valence-corrected chi connectivity index (χ3v) is 4.43. The van der Waals surface area contributed by atoms with Crippen LogP contribution in [0.2, 0.25) is 0 Å². The number of nitrogens with two attached hydrogens (primary N) is 1. The van der Waals surface area contributed by atoms with E-state index in [0.29, 0.717) is 29.8 Å². The first-order valence-electron chi connectivity index (χ1n) is 6.16. The van der Waals surface area contributed by atoms with Gasteiger partial charge < -0.3 is 10.6 Å². The highest BCUT2D eigenvalue weighted by molar-refractivity contribution is 7.90. The maximum absolute atomic E-state index is 11.8. The molecule has 1 fully saturated rings. The number of anilines is 1. The van der Waals surface area contributed by atoms with Gasteiger partial charge in [-0.25, -0.2) is 13.4 Å². The first-order chi connectivity index (χ1) is 8.54. The Kier molecular flexibility index (Phi) is 3.87. The highest BCUT2D eigenvalue weighted by atomic mass is 32.2. The fourth-order valence-corrected chi connectivity index (χ4v) is 3.01. The van der Waals surface area contributed by atoms with E-state index in [9.17, 15) is 8.42 Å². The maximum atomic E-state index is 11.8. The third kappa shape index (κ3) is 2.64. The van der Waals surface area contributed by atoms with Crippen LogP contribution in [0.25, 0.3) is 0 Å². The summed E-state index contributed by atoms with van der Waals surface area (Å²) in [4.78, 5) is 6.60. The van der Waals surface area contributed by atoms with Gasteiger partial charge in [0.05, 0.1) is 0 Å². The van der Waals surface area contributed by atoms with E-state index in [1.165, 1.54) is 12.7 Å². The minimum Gasteiger partial charge on any atom is -0.351 e. The van der Waals surface area contributed by atoms with Crippen molar-refractivity contribution >= 4 is 15.7 Å². The molecule has 100 valence electrons. The average Bonchev–Trinajstić information content (AvgIpc) is 2.25. The molecule has 1 aromatic heterocycles. The average molecular weight is 269 g/mol. The summed E-state index contributed by atoms with van der Waals surface area (Å²) in [5.74, 6) is 0.551. The largest absolute Gasteiger partial charge is 0.351 e. The summed E-state index contributed by atoms with van der Waals surface area (Å²) in [5.41, 5.74) is 5.62. The molecule has 1 aliphatic rings. The predicted molar refractivity (Wildman–Crippen MR) is 71.4 cm³/mol. The highest BCUT2D eigenvalue weighted by Crippen LogP contribution is 2.31. The molecule has 1 aromatic rings. The van der Waals surface area contributed by atoms with Crippen molar-refractivity contribution in [1.29, 1.82) is 0 Å². The predicted octanol–water partition coefficient (Wildman–Crippen LogP) is 0.803. The zero-order valence-electron chi connectivity index (χ0n) is 10.5. The molecule has 6 heteroatoms. The van der Waals surface area contributed by atoms with Crippen molar-refractivity contribution in [3.05, 3.63) is 18.3 Å². The van der Waals surface area contributed by atoms with Crippen molar-refractivity contribution in [3.8, 4) is 0 Å². The van der Waals surface area contributed by atoms with Gasteiger partial charge >= 0.3 is 0 Å². The molecule has 1 aliphatic carbocycles. The molecule has 0 bridgehead atoms. The van der Waals surface area contributed by atoms with Gasteiger partial charge in [-0.05, 0) is 31.4 Å². The topological polar surface area (TPSA) is 76.3 Å². The molecule has 0 aromatic carbocycles. The molecule has 1 heterocycles. The summed E-state index contributed by atoms with van der Waals surface area (Å²) in [6.07, 6.45) is 6.20. The summed E-state index contributed by atoms with van der Waals surface area (Å²) >= 11 is 0. The maximum Gasteiger partial charge on any atom is 0.179 e. The Hall–Kier alpha value is -1.14. The zero-order chi connectivity index (χ0) is 13.2. The number of pyridine rings is 1. The standard InChI is InChI=1S/C12H19N3O2S/c1-18(16,17)11-6-3-8-14-12(11)15(9-7-13)10-4-2-5-10/h3,6,8,10H,2,4-5,7,9,13H2,1H3. The molecule has 0 unspecified atom stereocenters. The van der Waals surface area contributed by atoms with Gasteiger partial charge in [0, 0.05) is 31.6 Å². The number of aromatic nitrogens is 1. The van der Waals surface area contributed by atoms with Crippen molar-refractivity contribution in [3.63, 3.8) is 0 Å². The number of hydrogen-bond donors (Lipinski definition) is 1. The molecular weight excluding hydrogens is 250 g/mol. The number of nitrogens with zero attached hydrogens (tertiary/aromatic N) is 2. The van der Waals surface area contributed by atoms with E-state index >= 15 is 0 Å². The molecule has 0 aliphatic heterocycles. The minimum atomic E-state index is -3.26. The lowest BCUT2D eigenvalue weighted by Crippen LogP contribution is -2.44. The van der Waals surface area contributed by atoms with Crippen molar-refractivity contribution in [2.45, 2.75) is 30.2 Å². The molecule has 0 atom stereocenters. The van der Waals surface area contributed by atoms with Crippen LogP contribution in [0.4, 0.5) is 5.82 Å². The van der Waals surface area contributed by atoms with Crippen molar-refractivity contribution in [2.24, 2.45) is 5.73 Å². The number of hydrogen-bond acceptors (Lipinski definition) is 5. The van der Waals surface area contributed by atoms with Gasteiger partial charge in [-0.15, -0.1) is 0 Å². The molecule has 18 heavy (non-hydrogen) atoms. The van der Waals surface area contributed by atoms with E-state index in [1.807, 2.05) is 4.90 Å². The molecule has 2 N–H and O–H groups in total. The molecular formula is C12H19N3O2S. The van der Waals surface area contributed by atoms with Gasteiger partial charge in [0.15, 0.2) is 9.84 Å². The van der Waals surface area contributed by atoms with Gasteiger partial charge in [-0.3, -0.25) is 0 Å². The molecule has 1 saturated carbocycles. The molecule has 0 spiro atoms.